The predicted octanol–water partition coefficient (Wildman–Crippen LogP) is 4.11. The number of hydrogen-bond acceptors (Lipinski definition) is 6. The van der Waals surface area contributed by atoms with Crippen LogP contribution in [0, 0.1) is 23.7 Å². The van der Waals surface area contributed by atoms with Crippen molar-refractivity contribution in [1.29, 1.82) is 0 Å². The van der Waals surface area contributed by atoms with Crippen LogP contribution in [0.4, 0.5) is 0 Å². The molecule has 4 saturated heterocycles. The van der Waals surface area contributed by atoms with Gasteiger partial charge in [0.1, 0.15) is 0 Å². The van der Waals surface area contributed by atoms with E-state index < -0.39 is 29.9 Å². The molecule has 1 aromatic carbocycles. The molecule has 1 aliphatic carbocycles. The fourth-order valence-electron chi connectivity index (χ4n) is 5.98. The van der Waals surface area contributed by atoms with Gasteiger partial charge in [-0.3, -0.25) is 0 Å². The SMILES string of the molecule is CC1CCC2C(C)C(OCc3ccc(C(=O)O)cc3)O[C@@H]3O[C@]4(C)CCC1C23OO4. The topological polar surface area (TPSA) is 83.5 Å². The fraction of sp³-hybridized carbons (Fsp3) is 0.696. The van der Waals surface area contributed by atoms with Crippen molar-refractivity contribution in [3.8, 4) is 0 Å². The van der Waals surface area contributed by atoms with Crippen LogP contribution in [0.5, 0.6) is 0 Å². The Labute approximate surface area is 176 Å². The first-order valence-electron chi connectivity index (χ1n) is 11.0. The van der Waals surface area contributed by atoms with Gasteiger partial charge in [-0.15, -0.1) is 0 Å². The molecule has 6 rings (SSSR count). The summed E-state index contributed by atoms with van der Waals surface area (Å²) < 4.78 is 18.9. The third-order valence-electron chi connectivity index (χ3n) is 7.71. The van der Waals surface area contributed by atoms with Gasteiger partial charge < -0.3 is 19.3 Å². The summed E-state index contributed by atoms with van der Waals surface area (Å²) in [6.07, 6.45) is 3.01. The zero-order valence-corrected chi connectivity index (χ0v) is 17.7. The molecule has 4 heterocycles. The van der Waals surface area contributed by atoms with Crippen LogP contribution >= 0.6 is 0 Å². The zero-order valence-electron chi connectivity index (χ0n) is 17.7. The summed E-state index contributed by atoms with van der Waals surface area (Å²) in [4.78, 5) is 23.0. The number of carboxylic acids is 1. The maximum Gasteiger partial charge on any atom is 0.335 e. The van der Waals surface area contributed by atoms with Crippen molar-refractivity contribution in [1.82, 2.24) is 0 Å². The second kappa shape index (κ2) is 7.28. The molecule has 164 valence electrons. The molecule has 6 unspecified atom stereocenters. The Bertz CT molecular complexity index is 810. The average Bonchev–Trinajstić information content (AvgIpc) is 2.96. The van der Waals surface area contributed by atoms with E-state index in [9.17, 15) is 4.79 Å². The first-order valence-corrected chi connectivity index (χ1v) is 11.0. The highest BCUT2D eigenvalue weighted by molar-refractivity contribution is 5.87. The molecular formula is C23H30O7. The highest BCUT2D eigenvalue weighted by Gasteiger charge is 2.69. The molecule has 0 radical (unpaired) electrons. The summed E-state index contributed by atoms with van der Waals surface area (Å²) in [5.74, 6) is -0.539. The molecule has 0 amide bonds. The maximum atomic E-state index is 11.0. The molecule has 0 aromatic heterocycles. The molecule has 7 nitrogen and oxygen atoms in total. The monoisotopic (exact) mass is 418 g/mol. The van der Waals surface area contributed by atoms with E-state index >= 15 is 0 Å². The van der Waals surface area contributed by atoms with Gasteiger partial charge in [-0.05, 0) is 55.7 Å². The van der Waals surface area contributed by atoms with Crippen LogP contribution < -0.4 is 0 Å². The number of ether oxygens (including phenoxy) is 3. The minimum atomic E-state index is -0.936. The smallest absolute Gasteiger partial charge is 0.335 e. The summed E-state index contributed by atoms with van der Waals surface area (Å²) in [5.41, 5.74) is 0.579. The van der Waals surface area contributed by atoms with E-state index in [1.165, 1.54) is 0 Å². The summed E-state index contributed by atoms with van der Waals surface area (Å²) in [7, 11) is 0. The van der Waals surface area contributed by atoms with Gasteiger partial charge in [-0.25, -0.2) is 14.6 Å². The van der Waals surface area contributed by atoms with Gasteiger partial charge in [0, 0.05) is 18.3 Å². The summed E-state index contributed by atoms with van der Waals surface area (Å²) in [6, 6.07) is 6.74. The predicted molar refractivity (Wildman–Crippen MR) is 105 cm³/mol. The number of aromatic carboxylic acids is 1. The lowest BCUT2D eigenvalue weighted by Gasteiger charge is -2.60. The summed E-state index contributed by atoms with van der Waals surface area (Å²) in [6.45, 7) is 6.71. The van der Waals surface area contributed by atoms with Gasteiger partial charge in [0.2, 0.25) is 5.79 Å². The number of fused-ring (bicyclic) bond motifs is 2. The lowest BCUT2D eigenvalue weighted by Crippen LogP contribution is -2.70. The molecule has 8 atom stereocenters. The molecule has 30 heavy (non-hydrogen) atoms. The van der Waals surface area contributed by atoms with E-state index in [1.807, 2.05) is 6.92 Å². The number of hydrogen-bond donors (Lipinski definition) is 1. The number of rotatable bonds is 4. The van der Waals surface area contributed by atoms with Crippen LogP contribution in [0.1, 0.15) is 62.4 Å². The Morgan fingerprint density at radius 3 is 2.63 bits per heavy atom. The highest BCUT2D eigenvalue weighted by atomic mass is 17.3. The third-order valence-corrected chi connectivity index (χ3v) is 7.71. The summed E-state index contributed by atoms with van der Waals surface area (Å²) in [5, 5.41) is 9.06. The molecule has 7 heteroatoms. The van der Waals surface area contributed by atoms with Crippen molar-refractivity contribution in [3.63, 3.8) is 0 Å². The van der Waals surface area contributed by atoms with Crippen LogP contribution in [0.2, 0.25) is 0 Å². The van der Waals surface area contributed by atoms with E-state index in [0.717, 1.165) is 31.2 Å². The molecule has 1 aromatic rings. The van der Waals surface area contributed by atoms with Gasteiger partial charge in [0.05, 0.1) is 12.2 Å². The van der Waals surface area contributed by atoms with Crippen molar-refractivity contribution in [2.45, 2.75) is 77.0 Å². The van der Waals surface area contributed by atoms with Gasteiger partial charge in [0.25, 0.3) is 0 Å². The van der Waals surface area contributed by atoms with Crippen LogP contribution in [-0.4, -0.2) is 35.0 Å². The van der Waals surface area contributed by atoms with Crippen molar-refractivity contribution >= 4 is 5.97 Å². The quantitative estimate of drug-likeness (QED) is 0.737. The number of carboxylic acid groups (broad SMARTS) is 1. The number of carbonyl (C=O) groups is 1. The van der Waals surface area contributed by atoms with E-state index in [1.54, 1.807) is 24.3 Å². The van der Waals surface area contributed by atoms with E-state index in [4.69, 9.17) is 29.1 Å². The minimum Gasteiger partial charge on any atom is -0.478 e. The molecule has 1 N–H and O–H groups in total. The van der Waals surface area contributed by atoms with E-state index in [0.29, 0.717) is 18.4 Å². The van der Waals surface area contributed by atoms with Crippen molar-refractivity contribution < 1.29 is 33.9 Å². The molecule has 1 spiro atoms. The van der Waals surface area contributed by atoms with Gasteiger partial charge >= 0.3 is 5.97 Å². The maximum absolute atomic E-state index is 11.0. The molecule has 2 bridgehead atoms. The Hall–Kier alpha value is -1.51. The molecule has 4 aliphatic heterocycles. The first kappa shape index (κ1) is 20.4. The van der Waals surface area contributed by atoms with Crippen molar-refractivity contribution in [2.24, 2.45) is 23.7 Å². The second-order valence-electron chi connectivity index (χ2n) is 9.59. The molecule has 1 saturated carbocycles. The molecular weight excluding hydrogens is 388 g/mol. The summed E-state index contributed by atoms with van der Waals surface area (Å²) >= 11 is 0. The van der Waals surface area contributed by atoms with E-state index in [2.05, 4.69) is 13.8 Å². The van der Waals surface area contributed by atoms with E-state index in [-0.39, 0.29) is 17.4 Å². The van der Waals surface area contributed by atoms with Gasteiger partial charge in [0.15, 0.2) is 18.2 Å². The molecule has 5 fully saturated rings. The average molecular weight is 418 g/mol. The van der Waals surface area contributed by atoms with Gasteiger partial charge in [-0.1, -0.05) is 26.0 Å². The van der Waals surface area contributed by atoms with Crippen LogP contribution in [-0.2, 0) is 30.6 Å². The normalized spacial score (nSPS) is 44.9. The fourth-order valence-corrected chi connectivity index (χ4v) is 5.98. The lowest BCUT2D eigenvalue weighted by atomic mass is 9.58. The van der Waals surface area contributed by atoms with Gasteiger partial charge in [-0.2, -0.15) is 0 Å². The zero-order chi connectivity index (χ0) is 21.1. The highest BCUT2D eigenvalue weighted by Crippen LogP contribution is 2.60. The van der Waals surface area contributed by atoms with Crippen LogP contribution in [0.3, 0.4) is 0 Å². The Morgan fingerprint density at radius 2 is 1.90 bits per heavy atom. The largest absolute Gasteiger partial charge is 0.478 e. The Balaban J connectivity index is 1.37. The second-order valence-corrected chi connectivity index (χ2v) is 9.59. The number of benzene rings is 1. The Kier molecular flexibility index (Phi) is 4.95. The minimum absolute atomic E-state index is 0.115. The first-order chi connectivity index (χ1) is 14.3. The van der Waals surface area contributed by atoms with Crippen LogP contribution in [0.15, 0.2) is 24.3 Å². The standard InChI is InChI=1S/C23H30O7/c1-13-4-9-18-14(2)20(26-12-15-5-7-16(8-6-15)19(24)25)27-21-23(18)17(13)10-11-22(3,28-21)29-30-23/h5-8,13-14,17-18,20-21H,4,9-12H2,1-3H3,(H,24,25)/t13?,14?,17?,18?,20?,21-,22+,23?/m1/s1. The lowest BCUT2D eigenvalue weighted by molar-refractivity contribution is -0.577. The van der Waals surface area contributed by atoms with Crippen LogP contribution in [0.25, 0.3) is 0 Å². The molecule has 5 aliphatic rings. The van der Waals surface area contributed by atoms with Crippen molar-refractivity contribution in [3.05, 3.63) is 35.4 Å². The van der Waals surface area contributed by atoms with Crippen molar-refractivity contribution in [2.75, 3.05) is 0 Å². The Morgan fingerprint density at radius 1 is 1.13 bits per heavy atom. The third kappa shape index (κ3) is 3.10.